The molecular weight excluding hydrogens is 506 g/mol. The van der Waals surface area contributed by atoms with E-state index in [1.807, 2.05) is 13.8 Å². The number of aryl methyl sites for hydroxylation is 1. The Hall–Kier alpha value is -3.51. The molecule has 190 valence electrons. The van der Waals surface area contributed by atoms with Crippen LogP contribution in [0.1, 0.15) is 49.2 Å². The van der Waals surface area contributed by atoms with Gasteiger partial charge in [-0.2, -0.15) is 0 Å². The van der Waals surface area contributed by atoms with Crippen LogP contribution in [0.25, 0.3) is 0 Å². The first kappa shape index (κ1) is 25.6. The van der Waals surface area contributed by atoms with Crippen LogP contribution in [-0.4, -0.2) is 46.7 Å². The van der Waals surface area contributed by atoms with Crippen LogP contribution in [0.15, 0.2) is 46.9 Å². The summed E-state index contributed by atoms with van der Waals surface area (Å²) in [5.74, 6) is -0.343. The van der Waals surface area contributed by atoms with Gasteiger partial charge in [0.05, 0.1) is 29.7 Å². The van der Waals surface area contributed by atoms with Crippen molar-refractivity contribution in [3.05, 3.63) is 53.2 Å². The number of aromatic nitrogens is 2. The zero-order valence-electron chi connectivity index (χ0n) is 19.6. The highest BCUT2D eigenvalue weighted by molar-refractivity contribution is 7.92. The largest absolute Gasteiger partial charge is 0.491 e. The molecule has 2 aromatic heterocycles. The summed E-state index contributed by atoms with van der Waals surface area (Å²) in [7, 11) is -3.40. The maximum Gasteiger partial charge on any atom is 0.303 e. The van der Waals surface area contributed by atoms with E-state index in [-0.39, 0.29) is 34.8 Å². The number of carbonyl (C=O) groups excluding carboxylic acids is 1. The fourth-order valence-corrected chi connectivity index (χ4v) is 5.56. The van der Waals surface area contributed by atoms with Crippen molar-refractivity contribution in [2.75, 3.05) is 5.32 Å². The van der Waals surface area contributed by atoms with Gasteiger partial charge in [-0.15, -0.1) is 11.3 Å². The average molecular weight is 532 g/mol. The first-order valence-electron chi connectivity index (χ1n) is 11.3. The number of pyridine rings is 1. The minimum Gasteiger partial charge on any atom is -0.491 e. The number of benzene rings is 1. The Bertz CT molecular complexity index is 1360. The number of hydrogen-bond donors (Lipinski definition) is 2. The predicted octanol–water partition coefficient (Wildman–Crippen LogP) is 4.32. The van der Waals surface area contributed by atoms with Crippen LogP contribution in [0.3, 0.4) is 0 Å². The first-order chi connectivity index (χ1) is 17.1. The van der Waals surface area contributed by atoms with Crippen molar-refractivity contribution in [1.29, 1.82) is 0 Å². The molecule has 4 rings (SSSR count). The Balaban J connectivity index is 1.51. The zero-order chi connectivity index (χ0) is 25.9. The molecule has 0 aliphatic heterocycles. The molecule has 1 aliphatic rings. The lowest BCUT2D eigenvalue weighted by Gasteiger charge is -2.14. The number of amides is 1. The lowest BCUT2D eigenvalue weighted by molar-refractivity contribution is -0.136. The number of hydrogen-bond acceptors (Lipinski definition) is 9. The molecule has 2 N–H and O–H groups in total. The number of aliphatic carboxylic acids is 1. The number of ether oxygens (including phenoxy) is 2. The molecule has 1 amide bonds. The van der Waals surface area contributed by atoms with Gasteiger partial charge in [0.2, 0.25) is 0 Å². The summed E-state index contributed by atoms with van der Waals surface area (Å²) >= 11 is 1.20. The van der Waals surface area contributed by atoms with Crippen molar-refractivity contribution >= 4 is 38.2 Å². The van der Waals surface area contributed by atoms with E-state index in [1.54, 1.807) is 17.5 Å². The van der Waals surface area contributed by atoms with Crippen molar-refractivity contribution < 1.29 is 32.6 Å². The molecule has 2 heterocycles. The predicted molar refractivity (Wildman–Crippen MR) is 133 cm³/mol. The van der Waals surface area contributed by atoms with Crippen molar-refractivity contribution in [1.82, 2.24) is 9.97 Å². The molecule has 36 heavy (non-hydrogen) atoms. The van der Waals surface area contributed by atoms with Gasteiger partial charge in [0, 0.05) is 23.4 Å². The van der Waals surface area contributed by atoms with Gasteiger partial charge in [-0.25, -0.2) is 18.4 Å². The molecule has 0 spiro atoms. The Morgan fingerprint density at radius 3 is 2.56 bits per heavy atom. The third-order valence-corrected chi connectivity index (χ3v) is 8.06. The zero-order valence-corrected chi connectivity index (χ0v) is 21.3. The van der Waals surface area contributed by atoms with Crippen LogP contribution in [-0.2, 0) is 21.1 Å². The van der Waals surface area contributed by atoms with Gasteiger partial charge in [-0.3, -0.25) is 14.9 Å². The molecule has 1 saturated carbocycles. The summed E-state index contributed by atoms with van der Waals surface area (Å²) in [4.78, 5) is 32.0. The third kappa shape index (κ3) is 6.58. The summed E-state index contributed by atoms with van der Waals surface area (Å²) < 4.78 is 36.3. The van der Waals surface area contributed by atoms with E-state index in [4.69, 9.17) is 14.6 Å². The number of nitrogens with zero attached hydrogens (tertiary/aromatic N) is 2. The maximum absolute atomic E-state index is 12.9. The number of carboxylic acid groups (broad SMARTS) is 1. The summed E-state index contributed by atoms with van der Waals surface area (Å²) in [6.45, 7) is 3.70. The molecular formula is C24H25N3O7S2. The number of anilines is 1. The topological polar surface area (TPSA) is 145 Å². The second-order valence-corrected chi connectivity index (χ2v) is 11.6. The monoisotopic (exact) mass is 531 g/mol. The van der Waals surface area contributed by atoms with E-state index >= 15 is 0 Å². The van der Waals surface area contributed by atoms with Crippen LogP contribution in [0.4, 0.5) is 5.13 Å². The van der Waals surface area contributed by atoms with Crippen molar-refractivity contribution in [2.24, 2.45) is 0 Å². The van der Waals surface area contributed by atoms with Gasteiger partial charge in [0.25, 0.3) is 5.91 Å². The summed E-state index contributed by atoms with van der Waals surface area (Å²) in [6.07, 6.45) is 2.71. The fraction of sp³-hybridized carbons (Fsp3) is 0.333. The minimum absolute atomic E-state index is 0.0143. The fourth-order valence-electron chi connectivity index (χ4n) is 3.27. The third-order valence-electron chi connectivity index (χ3n) is 5.08. The van der Waals surface area contributed by atoms with E-state index in [0.29, 0.717) is 40.9 Å². The summed E-state index contributed by atoms with van der Waals surface area (Å²) in [5, 5.41) is 13.2. The molecule has 0 bridgehead atoms. The highest BCUT2D eigenvalue weighted by Gasteiger charge is 2.37. The van der Waals surface area contributed by atoms with Gasteiger partial charge in [-0.05, 0) is 51.0 Å². The van der Waals surface area contributed by atoms with E-state index in [1.165, 1.54) is 35.7 Å². The second kappa shape index (κ2) is 10.6. The first-order valence-corrected chi connectivity index (χ1v) is 13.7. The van der Waals surface area contributed by atoms with Gasteiger partial charge in [-0.1, -0.05) is 0 Å². The van der Waals surface area contributed by atoms with E-state index in [2.05, 4.69) is 15.3 Å². The van der Waals surface area contributed by atoms with E-state index < -0.39 is 21.7 Å². The minimum atomic E-state index is -3.40. The van der Waals surface area contributed by atoms with Gasteiger partial charge in [0.1, 0.15) is 17.2 Å². The van der Waals surface area contributed by atoms with Crippen LogP contribution in [0.5, 0.6) is 17.2 Å². The Kier molecular flexibility index (Phi) is 7.55. The summed E-state index contributed by atoms with van der Waals surface area (Å²) in [5.41, 5.74) is 0.838. The standard InChI is InChI=1S/C24H25N3O7S2/c1-14(2)33-18-9-15(23(30)27-24-26-16(13-35-24)3-8-22(28)29)10-19(11-18)34-17-4-7-21(25-12-17)36(31,32)20-5-6-20/h4,7,9-14,20H,3,5-6,8H2,1-2H3,(H,28,29)(H,26,27,30). The lowest BCUT2D eigenvalue weighted by atomic mass is 10.2. The molecule has 12 heteroatoms. The molecule has 1 fully saturated rings. The smallest absolute Gasteiger partial charge is 0.303 e. The van der Waals surface area contributed by atoms with E-state index in [0.717, 1.165) is 0 Å². The SMILES string of the molecule is CC(C)Oc1cc(Oc2ccc(S(=O)(=O)C3CC3)nc2)cc(C(=O)Nc2nc(CCC(=O)O)cs2)c1. The molecule has 10 nitrogen and oxygen atoms in total. The van der Waals surface area contributed by atoms with Crippen molar-refractivity contribution in [3.8, 4) is 17.2 Å². The number of carboxylic acids is 1. The molecule has 3 aromatic rings. The highest BCUT2D eigenvalue weighted by atomic mass is 32.2. The van der Waals surface area contributed by atoms with Crippen LogP contribution in [0.2, 0.25) is 0 Å². The van der Waals surface area contributed by atoms with Crippen molar-refractivity contribution in [3.63, 3.8) is 0 Å². The molecule has 1 aliphatic carbocycles. The van der Waals surface area contributed by atoms with Gasteiger partial charge >= 0.3 is 5.97 Å². The molecule has 0 radical (unpaired) electrons. The lowest BCUT2D eigenvalue weighted by Crippen LogP contribution is -2.13. The number of thiazole rings is 1. The molecule has 1 aromatic carbocycles. The Morgan fingerprint density at radius 1 is 1.17 bits per heavy atom. The van der Waals surface area contributed by atoms with Crippen LogP contribution < -0.4 is 14.8 Å². The van der Waals surface area contributed by atoms with Crippen LogP contribution in [0, 0.1) is 0 Å². The maximum atomic E-state index is 12.9. The van der Waals surface area contributed by atoms with Crippen molar-refractivity contribution in [2.45, 2.75) is 55.9 Å². The average Bonchev–Trinajstić information content (AvgIpc) is 3.59. The number of nitrogens with one attached hydrogen (secondary N) is 1. The van der Waals surface area contributed by atoms with Crippen LogP contribution >= 0.6 is 11.3 Å². The Labute approximate surface area is 212 Å². The highest BCUT2D eigenvalue weighted by Crippen LogP contribution is 2.34. The second-order valence-electron chi connectivity index (χ2n) is 8.53. The number of rotatable bonds is 11. The van der Waals surface area contributed by atoms with Gasteiger partial charge < -0.3 is 14.6 Å². The Morgan fingerprint density at radius 2 is 1.92 bits per heavy atom. The quantitative estimate of drug-likeness (QED) is 0.369. The number of carbonyl (C=O) groups is 2. The molecule has 0 saturated heterocycles. The molecule has 0 unspecified atom stereocenters. The van der Waals surface area contributed by atoms with E-state index in [9.17, 15) is 18.0 Å². The van der Waals surface area contributed by atoms with Gasteiger partial charge in [0.15, 0.2) is 20.0 Å². The molecule has 0 atom stereocenters. The summed E-state index contributed by atoms with van der Waals surface area (Å²) in [6, 6.07) is 7.65. The number of sulfone groups is 1. The normalized spacial score (nSPS) is 13.4.